The van der Waals surface area contributed by atoms with Crippen molar-refractivity contribution in [2.75, 3.05) is 6.61 Å². The first-order chi connectivity index (χ1) is 14.4. The molecular formula is C23H32FN5O. The van der Waals surface area contributed by atoms with E-state index in [0.717, 1.165) is 18.4 Å². The van der Waals surface area contributed by atoms with Crippen LogP contribution >= 0.6 is 0 Å². The SMILES string of the molecule is CC1CC(COC2=C(C(=N)N)C(N=CN)C=CC2)CC(C)N1Cc1ccccc1F. The summed E-state index contributed by atoms with van der Waals surface area (Å²) in [4.78, 5) is 6.55. The number of benzene rings is 1. The van der Waals surface area contributed by atoms with E-state index in [9.17, 15) is 4.39 Å². The predicted octanol–water partition coefficient (Wildman–Crippen LogP) is 3.34. The molecule has 0 spiro atoms. The maximum atomic E-state index is 14.1. The number of likely N-dealkylation sites (tertiary alicyclic amines) is 1. The number of nitrogens with one attached hydrogen (secondary N) is 1. The Morgan fingerprint density at radius 1 is 1.30 bits per heavy atom. The first-order valence-electron chi connectivity index (χ1n) is 10.5. The number of hydrogen-bond donors (Lipinski definition) is 3. The molecular weight excluding hydrogens is 381 g/mol. The number of rotatable bonds is 7. The Labute approximate surface area is 178 Å². The van der Waals surface area contributed by atoms with E-state index in [1.54, 1.807) is 6.07 Å². The lowest BCUT2D eigenvalue weighted by atomic mass is 9.87. The molecule has 1 aliphatic heterocycles. The molecule has 7 heteroatoms. The van der Waals surface area contributed by atoms with Gasteiger partial charge in [-0.15, -0.1) is 0 Å². The summed E-state index contributed by atoms with van der Waals surface area (Å²) in [5.41, 5.74) is 12.6. The van der Waals surface area contributed by atoms with Crippen LogP contribution in [-0.2, 0) is 11.3 Å². The average Bonchev–Trinajstić information content (AvgIpc) is 2.70. The van der Waals surface area contributed by atoms with Gasteiger partial charge in [-0.1, -0.05) is 30.4 Å². The average molecular weight is 414 g/mol. The second kappa shape index (κ2) is 9.89. The number of hydrogen-bond acceptors (Lipinski definition) is 4. The molecule has 2 aliphatic rings. The molecule has 1 fully saturated rings. The van der Waals surface area contributed by atoms with Crippen LogP contribution < -0.4 is 11.5 Å². The van der Waals surface area contributed by atoms with E-state index in [0.29, 0.717) is 48.9 Å². The molecule has 3 unspecified atom stereocenters. The van der Waals surface area contributed by atoms with Crippen molar-refractivity contribution < 1.29 is 9.13 Å². The fraction of sp³-hybridized carbons (Fsp3) is 0.478. The molecule has 1 aromatic rings. The third kappa shape index (κ3) is 5.08. The predicted molar refractivity (Wildman–Crippen MR) is 119 cm³/mol. The van der Waals surface area contributed by atoms with Gasteiger partial charge in [-0.05, 0) is 38.7 Å². The number of amidine groups is 1. The summed E-state index contributed by atoms with van der Waals surface area (Å²) in [6.45, 7) is 5.57. The van der Waals surface area contributed by atoms with Crippen molar-refractivity contribution in [3.63, 3.8) is 0 Å². The summed E-state index contributed by atoms with van der Waals surface area (Å²) >= 11 is 0. The molecule has 1 aromatic carbocycles. The molecule has 30 heavy (non-hydrogen) atoms. The lowest BCUT2D eigenvalue weighted by Crippen LogP contribution is -2.47. The number of piperidine rings is 1. The van der Waals surface area contributed by atoms with Crippen LogP contribution in [0.2, 0.25) is 0 Å². The minimum atomic E-state index is -0.364. The maximum absolute atomic E-state index is 14.1. The van der Waals surface area contributed by atoms with Crippen LogP contribution in [0.25, 0.3) is 0 Å². The molecule has 1 saturated heterocycles. The number of allylic oxidation sites excluding steroid dienone is 1. The van der Waals surface area contributed by atoms with Gasteiger partial charge in [0.05, 0.1) is 18.5 Å². The molecule has 162 valence electrons. The Morgan fingerprint density at radius 2 is 2.00 bits per heavy atom. The Bertz CT molecular complexity index is 836. The van der Waals surface area contributed by atoms with Crippen LogP contribution in [0.15, 0.2) is 52.7 Å². The quantitative estimate of drug-likeness (QED) is 0.362. The Kier molecular flexibility index (Phi) is 7.26. The molecule has 5 N–H and O–H groups in total. The molecule has 6 nitrogen and oxygen atoms in total. The first-order valence-corrected chi connectivity index (χ1v) is 10.5. The lowest BCUT2D eigenvalue weighted by Gasteiger charge is -2.42. The zero-order chi connectivity index (χ0) is 21.7. The van der Waals surface area contributed by atoms with Gasteiger partial charge in [-0.2, -0.15) is 0 Å². The van der Waals surface area contributed by atoms with Crippen LogP contribution in [0.4, 0.5) is 4.39 Å². The van der Waals surface area contributed by atoms with Crippen LogP contribution in [0.5, 0.6) is 0 Å². The second-order valence-electron chi connectivity index (χ2n) is 8.24. The van der Waals surface area contributed by atoms with Crippen LogP contribution in [0.1, 0.15) is 38.7 Å². The fourth-order valence-electron chi connectivity index (χ4n) is 4.59. The van der Waals surface area contributed by atoms with Gasteiger partial charge in [0, 0.05) is 30.6 Å². The molecule has 1 aliphatic carbocycles. The van der Waals surface area contributed by atoms with Crippen molar-refractivity contribution >= 4 is 12.2 Å². The van der Waals surface area contributed by atoms with Gasteiger partial charge in [-0.3, -0.25) is 15.3 Å². The highest BCUT2D eigenvalue weighted by atomic mass is 19.1. The summed E-state index contributed by atoms with van der Waals surface area (Å²) in [6, 6.07) is 7.27. The normalized spacial score (nSPS) is 27.6. The van der Waals surface area contributed by atoms with Crippen molar-refractivity contribution in [3.8, 4) is 0 Å². The molecule has 0 saturated carbocycles. The third-order valence-corrected chi connectivity index (χ3v) is 6.04. The summed E-state index contributed by atoms with van der Waals surface area (Å²) in [6.07, 6.45) is 7.64. The summed E-state index contributed by atoms with van der Waals surface area (Å²) in [5, 5.41) is 7.92. The smallest absolute Gasteiger partial charge is 0.127 e. The number of nitrogens with zero attached hydrogens (tertiary/aromatic N) is 2. The van der Waals surface area contributed by atoms with Crippen molar-refractivity contribution in [2.45, 2.75) is 57.8 Å². The molecule has 0 aromatic heterocycles. The van der Waals surface area contributed by atoms with Crippen LogP contribution in [0.3, 0.4) is 0 Å². The van der Waals surface area contributed by atoms with Crippen LogP contribution in [-0.4, -0.2) is 41.8 Å². The lowest BCUT2D eigenvalue weighted by molar-refractivity contribution is 0.0311. The van der Waals surface area contributed by atoms with E-state index in [-0.39, 0.29) is 17.7 Å². The van der Waals surface area contributed by atoms with E-state index in [1.807, 2.05) is 24.3 Å². The molecule has 0 bridgehead atoms. The number of aliphatic imine (C=N–C) groups is 1. The zero-order valence-electron chi connectivity index (χ0n) is 17.7. The third-order valence-electron chi connectivity index (χ3n) is 6.04. The van der Waals surface area contributed by atoms with E-state index in [1.165, 1.54) is 12.4 Å². The zero-order valence-corrected chi connectivity index (χ0v) is 17.7. The second-order valence-corrected chi connectivity index (χ2v) is 8.24. The van der Waals surface area contributed by atoms with Gasteiger partial charge >= 0.3 is 0 Å². The van der Waals surface area contributed by atoms with Gasteiger partial charge in [0.25, 0.3) is 0 Å². The van der Waals surface area contributed by atoms with Crippen LogP contribution in [0, 0.1) is 17.1 Å². The maximum Gasteiger partial charge on any atom is 0.127 e. The molecule has 0 radical (unpaired) electrons. The van der Waals surface area contributed by atoms with Crippen molar-refractivity contribution in [1.29, 1.82) is 5.41 Å². The van der Waals surface area contributed by atoms with E-state index >= 15 is 0 Å². The standard InChI is InChI=1S/C23H32FN5O/c1-15-10-17(11-16(2)29(15)12-18-6-3-4-7-19(18)24)13-30-21-9-5-8-20(28-14-25)22(21)23(26)27/h3-8,14-17,20H,9-13H2,1-2H3,(H2,25,28)(H3,26,27). The van der Waals surface area contributed by atoms with Gasteiger partial charge in [0.1, 0.15) is 23.5 Å². The minimum absolute atomic E-state index is 0.0357. The molecule has 0 amide bonds. The largest absolute Gasteiger partial charge is 0.497 e. The van der Waals surface area contributed by atoms with Gasteiger partial charge < -0.3 is 16.2 Å². The molecule has 3 atom stereocenters. The number of nitrogens with two attached hydrogens (primary N) is 2. The Morgan fingerprint density at radius 3 is 2.63 bits per heavy atom. The van der Waals surface area contributed by atoms with Gasteiger partial charge in [0.15, 0.2) is 0 Å². The molecule has 3 rings (SSSR count). The summed E-state index contributed by atoms with van der Waals surface area (Å²) in [5.74, 6) is 0.905. The van der Waals surface area contributed by atoms with E-state index < -0.39 is 0 Å². The monoisotopic (exact) mass is 413 g/mol. The molecule has 1 heterocycles. The highest BCUT2D eigenvalue weighted by Crippen LogP contribution is 2.31. The van der Waals surface area contributed by atoms with Gasteiger partial charge in [-0.25, -0.2) is 4.39 Å². The Hall–Kier alpha value is -2.67. The summed E-state index contributed by atoms with van der Waals surface area (Å²) in [7, 11) is 0. The van der Waals surface area contributed by atoms with E-state index in [4.69, 9.17) is 21.6 Å². The number of ether oxygens (including phenoxy) is 1. The summed E-state index contributed by atoms with van der Waals surface area (Å²) < 4.78 is 20.2. The van der Waals surface area contributed by atoms with E-state index in [2.05, 4.69) is 23.7 Å². The highest BCUT2D eigenvalue weighted by Gasteiger charge is 2.32. The minimum Gasteiger partial charge on any atom is -0.497 e. The van der Waals surface area contributed by atoms with Crippen molar-refractivity contribution in [1.82, 2.24) is 4.90 Å². The topological polar surface area (TPSA) is 101 Å². The fourth-order valence-corrected chi connectivity index (χ4v) is 4.59. The Balaban J connectivity index is 1.63. The van der Waals surface area contributed by atoms with Crippen molar-refractivity contribution in [3.05, 3.63) is 59.1 Å². The highest BCUT2D eigenvalue weighted by molar-refractivity contribution is 5.97. The van der Waals surface area contributed by atoms with Crippen molar-refractivity contribution in [2.24, 2.45) is 22.4 Å². The number of halogens is 1. The first kappa shape index (κ1) is 22.0. The van der Waals surface area contributed by atoms with Gasteiger partial charge in [0.2, 0.25) is 0 Å².